The Morgan fingerprint density at radius 1 is 1.58 bits per heavy atom. The van der Waals surface area contributed by atoms with E-state index in [1.807, 2.05) is 0 Å². The molecule has 0 saturated carbocycles. The van der Waals surface area contributed by atoms with E-state index < -0.39 is 0 Å². The highest BCUT2D eigenvalue weighted by Crippen LogP contribution is 2.18. The molecule has 2 aromatic rings. The summed E-state index contributed by atoms with van der Waals surface area (Å²) in [6, 6.07) is 1.75. The zero-order chi connectivity index (χ0) is 8.55. The summed E-state index contributed by atoms with van der Waals surface area (Å²) in [5.74, 6) is 0. The Hall–Kier alpha value is -1.23. The average molecular weight is 226 g/mol. The molecule has 0 fully saturated rings. The monoisotopic (exact) mass is 225 g/mol. The molecule has 0 spiro atoms. The normalized spacial score (nSPS) is 10.4. The lowest BCUT2D eigenvalue weighted by atomic mass is 10.5. The van der Waals surface area contributed by atoms with Crippen LogP contribution in [0.25, 0.3) is 5.65 Å². The first-order valence-electron chi connectivity index (χ1n) is 3.27. The van der Waals surface area contributed by atoms with Gasteiger partial charge in [-0.15, -0.1) is 0 Å². The third-order valence-corrected chi connectivity index (χ3v) is 2.24. The Kier molecular flexibility index (Phi) is 1.65. The van der Waals surface area contributed by atoms with E-state index in [1.165, 1.54) is 0 Å². The molecule has 0 atom stereocenters. The van der Waals surface area contributed by atoms with E-state index in [4.69, 9.17) is 0 Å². The van der Waals surface area contributed by atoms with Crippen molar-refractivity contribution >= 4 is 27.9 Å². The highest BCUT2D eigenvalue weighted by atomic mass is 79.9. The molecule has 0 N–H and O–H groups in total. The molecule has 2 heterocycles. The molecule has 0 unspecified atom stereocenters. The van der Waals surface area contributed by atoms with Crippen LogP contribution < -0.4 is 0 Å². The maximum atomic E-state index is 10.5. The summed E-state index contributed by atoms with van der Waals surface area (Å²) in [5.41, 5.74) is 1.02. The molecule has 0 saturated heterocycles. The van der Waals surface area contributed by atoms with Gasteiger partial charge in [0.05, 0.1) is 4.47 Å². The third-order valence-electron chi connectivity index (χ3n) is 1.48. The summed E-state index contributed by atoms with van der Waals surface area (Å²) >= 11 is 3.23. The van der Waals surface area contributed by atoms with Crippen LogP contribution in [-0.2, 0) is 0 Å². The van der Waals surface area contributed by atoms with Crippen molar-refractivity contribution in [2.45, 2.75) is 0 Å². The molecule has 5 heteroatoms. The van der Waals surface area contributed by atoms with Crippen molar-refractivity contribution in [1.29, 1.82) is 0 Å². The number of hydrogen-bond donors (Lipinski definition) is 0. The molecule has 0 aliphatic heterocycles. The molecular weight excluding hydrogens is 222 g/mol. The van der Waals surface area contributed by atoms with Crippen LogP contribution in [0.2, 0.25) is 0 Å². The number of halogens is 1. The summed E-state index contributed by atoms with van der Waals surface area (Å²) in [6.45, 7) is 0. The van der Waals surface area contributed by atoms with E-state index in [-0.39, 0.29) is 0 Å². The van der Waals surface area contributed by atoms with Gasteiger partial charge in [-0.25, -0.2) is 9.50 Å². The van der Waals surface area contributed by atoms with Crippen molar-refractivity contribution < 1.29 is 4.79 Å². The average Bonchev–Trinajstić information content (AvgIpc) is 2.44. The van der Waals surface area contributed by atoms with Gasteiger partial charge in [0.25, 0.3) is 0 Å². The third kappa shape index (κ3) is 0.937. The highest BCUT2D eigenvalue weighted by molar-refractivity contribution is 9.10. The molecule has 12 heavy (non-hydrogen) atoms. The fraction of sp³-hybridized carbons (Fsp3) is 0. The molecule has 2 aromatic heterocycles. The Morgan fingerprint density at radius 2 is 2.42 bits per heavy atom. The smallest absolute Gasteiger partial charge is 0.171 e. The molecule has 0 aliphatic rings. The lowest BCUT2D eigenvalue weighted by Gasteiger charge is -1.87. The SMILES string of the molecule is O=Cc1nn2cccnc2c1Br. The number of nitrogens with zero attached hydrogens (tertiary/aromatic N) is 3. The van der Waals surface area contributed by atoms with Crippen LogP contribution >= 0.6 is 15.9 Å². The van der Waals surface area contributed by atoms with Gasteiger partial charge >= 0.3 is 0 Å². The van der Waals surface area contributed by atoms with Crippen LogP contribution in [0.15, 0.2) is 22.9 Å². The second-order valence-corrected chi connectivity index (χ2v) is 3.00. The lowest BCUT2D eigenvalue weighted by Crippen LogP contribution is -1.87. The topological polar surface area (TPSA) is 47.3 Å². The minimum Gasteiger partial charge on any atom is -0.296 e. The number of carbonyl (C=O) groups is 1. The van der Waals surface area contributed by atoms with E-state index in [1.54, 1.807) is 23.0 Å². The second-order valence-electron chi connectivity index (χ2n) is 2.20. The zero-order valence-electron chi connectivity index (χ0n) is 5.94. The molecule has 2 rings (SSSR count). The van der Waals surface area contributed by atoms with Crippen molar-refractivity contribution in [3.05, 3.63) is 28.6 Å². The first-order chi connectivity index (χ1) is 5.83. The van der Waals surface area contributed by atoms with Crippen LogP contribution in [0.4, 0.5) is 0 Å². The summed E-state index contributed by atoms with van der Waals surface area (Å²) < 4.78 is 2.19. The standard InChI is InChI=1S/C7H4BrN3O/c8-6-5(4-12)10-11-3-1-2-9-7(6)11/h1-4H. The number of aromatic nitrogens is 3. The molecular formula is C7H4BrN3O. The Labute approximate surface area is 76.4 Å². The van der Waals surface area contributed by atoms with Gasteiger partial charge in [0.15, 0.2) is 11.9 Å². The fourth-order valence-electron chi connectivity index (χ4n) is 0.951. The second kappa shape index (κ2) is 2.67. The lowest BCUT2D eigenvalue weighted by molar-refractivity contribution is 0.111. The largest absolute Gasteiger partial charge is 0.296 e. The first kappa shape index (κ1) is 7.42. The van der Waals surface area contributed by atoms with E-state index in [0.717, 1.165) is 0 Å². The van der Waals surface area contributed by atoms with Crippen LogP contribution in [0.5, 0.6) is 0 Å². The predicted octanol–water partition coefficient (Wildman–Crippen LogP) is 1.30. The summed E-state index contributed by atoms with van der Waals surface area (Å²) in [6.07, 6.45) is 4.08. The van der Waals surface area contributed by atoms with Gasteiger partial charge in [-0.2, -0.15) is 5.10 Å². The molecule has 0 aliphatic carbocycles. The number of carbonyl (C=O) groups excluding carboxylic acids is 1. The molecule has 0 bridgehead atoms. The molecule has 0 amide bonds. The molecule has 0 aromatic carbocycles. The van der Waals surface area contributed by atoms with Gasteiger partial charge in [0.1, 0.15) is 5.69 Å². The van der Waals surface area contributed by atoms with Gasteiger partial charge < -0.3 is 0 Å². The minimum atomic E-state index is 0.369. The number of fused-ring (bicyclic) bond motifs is 1. The summed E-state index contributed by atoms with van der Waals surface area (Å²) in [4.78, 5) is 14.5. The summed E-state index contributed by atoms with van der Waals surface area (Å²) in [5, 5.41) is 3.97. The number of rotatable bonds is 1. The highest BCUT2D eigenvalue weighted by Gasteiger charge is 2.08. The number of aldehydes is 1. The van der Waals surface area contributed by atoms with Crippen LogP contribution in [0, 0.1) is 0 Å². The van der Waals surface area contributed by atoms with Crippen molar-refractivity contribution in [2.75, 3.05) is 0 Å². The van der Waals surface area contributed by atoms with Crippen molar-refractivity contribution in [3.8, 4) is 0 Å². The van der Waals surface area contributed by atoms with Crippen LogP contribution in [0.3, 0.4) is 0 Å². The molecule has 4 nitrogen and oxygen atoms in total. The van der Waals surface area contributed by atoms with Gasteiger partial charge in [-0.1, -0.05) is 0 Å². The van der Waals surface area contributed by atoms with Crippen molar-refractivity contribution in [1.82, 2.24) is 14.6 Å². The van der Waals surface area contributed by atoms with Crippen molar-refractivity contribution in [3.63, 3.8) is 0 Å². The molecule has 60 valence electrons. The van der Waals surface area contributed by atoms with Gasteiger partial charge in [0.2, 0.25) is 0 Å². The van der Waals surface area contributed by atoms with Gasteiger partial charge in [-0.3, -0.25) is 4.79 Å². The Balaban J connectivity index is 2.87. The van der Waals surface area contributed by atoms with E-state index in [9.17, 15) is 4.79 Å². The maximum Gasteiger partial charge on any atom is 0.171 e. The predicted molar refractivity (Wildman–Crippen MR) is 46.1 cm³/mol. The fourth-order valence-corrected chi connectivity index (χ4v) is 1.41. The number of hydrogen-bond acceptors (Lipinski definition) is 3. The zero-order valence-corrected chi connectivity index (χ0v) is 7.52. The Morgan fingerprint density at radius 3 is 3.08 bits per heavy atom. The minimum absolute atomic E-state index is 0.369. The summed E-state index contributed by atoms with van der Waals surface area (Å²) in [7, 11) is 0. The van der Waals surface area contributed by atoms with Gasteiger partial charge in [0, 0.05) is 12.4 Å². The van der Waals surface area contributed by atoms with Gasteiger partial charge in [-0.05, 0) is 22.0 Å². The molecule has 0 radical (unpaired) electrons. The van der Waals surface area contributed by atoms with Crippen LogP contribution in [0.1, 0.15) is 10.5 Å². The maximum absolute atomic E-state index is 10.5. The van der Waals surface area contributed by atoms with E-state index in [0.29, 0.717) is 22.1 Å². The quantitative estimate of drug-likeness (QED) is 0.688. The Bertz CT molecular complexity index is 437. The van der Waals surface area contributed by atoms with Crippen LogP contribution in [-0.4, -0.2) is 20.9 Å². The van der Waals surface area contributed by atoms with Crippen molar-refractivity contribution in [2.24, 2.45) is 0 Å². The van der Waals surface area contributed by atoms with E-state index >= 15 is 0 Å². The first-order valence-corrected chi connectivity index (χ1v) is 4.06. The van der Waals surface area contributed by atoms with E-state index in [2.05, 4.69) is 26.0 Å².